The summed E-state index contributed by atoms with van der Waals surface area (Å²) >= 11 is 0. The van der Waals surface area contributed by atoms with Gasteiger partial charge in [-0.15, -0.1) is 0 Å². The van der Waals surface area contributed by atoms with Crippen molar-refractivity contribution in [2.24, 2.45) is 5.92 Å². The number of fused-ring (bicyclic) bond motifs is 3. The number of benzene rings is 2. The van der Waals surface area contributed by atoms with Gasteiger partial charge in [-0.2, -0.15) is 0 Å². The minimum atomic E-state index is 0.0565. The summed E-state index contributed by atoms with van der Waals surface area (Å²) in [5.41, 5.74) is 3.71. The first kappa shape index (κ1) is 19.5. The summed E-state index contributed by atoms with van der Waals surface area (Å²) in [5, 5.41) is 4.13. The summed E-state index contributed by atoms with van der Waals surface area (Å²) in [6.45, 7) is 2.29. The van der Waals surface area contributed by atoms with Crippen LogP contribution in [0.15, 0.2) is 65.3 Å². The zero-order chi connectivity index (χ0) is 21.0. The Balaban J connectivity index is 1.17. The van der Waals surface area contributed by atoms with Gasteiger partial charge in [0.1, 0.15) is 17.4 Å². The van der Waals surface area contributed by atoms with Crippen molar-refractivity contribution in [3.63, 3.8) is 0 Å². The molecule has 31 heavy (non-hydrogen) atoms. The molecule has 1 amide bonds. The van der Waals surface area contributed by atoms with Gasteiger partial charge < -0.3 is 14.6 Å². The standard InChI is InChI=1S/C25H26N4O2/c30-25(26-14-6-9-18-7-2-1-3-8-18)19-12-15-29(16-13-19)24-23-22(27-17-28-24)20-10-4-5-11-21(20)31-23/h1-5,7-8,10-11,17,19H,6,9,12-16H2,(H,26,30). The molecule has 1 N–H and O–H groups in total. The Kier molecular flexibility index (Phi) is 5.52. The van der Waals surface area contributed by atoms with Crippen LogP contribution in [0.4, 0.5) is 5.82 Å². The van der Waals surface area contributed by atoms with E-state index in [2.05, 4.69) is 44.5 Å². The molecule has 6 nitrogen and oxygen atoms in total. The third kappa shape index (κ3) is 4.10. The lowest BCUT2D eigenvalue weighted by molar-refractivity contribution is -0.125. The number of nitrogens with one attached hydrogen (secondary N) is 1. The fraction of sp³-hybridized carbons (Fsp3) is 0.320. The number of anilines is 1. The number of hydrogen-bond acceptors (Lipinski definition) is 5. The Bertz CT molecular complexity index is 1180. The van der Waals surface area contributed by atoms with Crippen LogP contribution in [0.25, 0.3) is 22.1 Å². The van der Waals surface area contributed by atoms with E-state index in [1.807, 2.05) is 30.3 Å². The van der Waals surface area contributed by atoms with Gasteiger partial charge in [0.2, 0.25) is 5.91 Å². The normalized spacial score (nSPS) is 14.9. The quantitative estimate of drug-likeness (QED) is 0.475. The summed E-state index contributed by atoms with van der Waals surface area (Å²) in [4.78, 5) is 23.8. The first-order valence-electron chi connectivity index (χ1n) is 11.0. The SMILES string of the molecule is O=C(NCCCc1ccccc1)C1CCN(c2ncnc3c2oc2ccccc23)CC1. The maximum absolute atomic E-state index is 12.6. The van der Waals surface area contributed by atoms with E-state index in [4.69, 9.17) is 4.42 Å². The highest BCUT2D eigenvalue weighted by Crippen LogP contribution is 2.33. The van der Waals surface area contributed by atoms with Crippen LogP contribution in [-0.2, 0) is 11.2 Å². The third-order valence-corrected chi connectivity index (χ3v) is 6.09. The van der Waals surface area contributed by atoms with Crippen LogP contribution in [-0.4, -0.2) is 35.5 Å². The molecule has 3 heterocycles. The van der Waals surface area contributed by atoms with Crippen LogP contribution in [0.2, 0.25) is 0 Å². The van der Waals surface area contributed by atoms with Crippen molar-refractivity contribution in [2.75, 3.05) is 24.5 Å². The van der Waals surface area contributed by atoms with Gasteiger partial charge in [-0.05, 0) is 43.4 Å². The van der Waals surface area contributed by atoms with Crippen molar-refractivity contribution in [2.45, 2.75) is 25.7 Å². The number of para-hydroxylation sites is 1. The zero-order valence-electron chi connectivity index (χ0n) is 17.5. The molecule has 0 aliphatic carbocycles. The minimum Gasteiger partial charge on any atom is -0.450 e. The molecule has 0 radical (unpaired) electrons. The molecular weight excluding hydrogens is 388 g/mol. The summed E-state index contributed by atoms with van der Waals surface area (Å²) < 4.78 is 6.07. The van der Waals surface area contributed by atoms with E-state index in [0.29, 0.717) is 0 Å². The Hall–Kier alpha value is -3.41. The number of amides is 1. The molecule has 1 aliphatic rings. The molecular formula is C25H26N4O2. The van der Waals surface area contributed by atoms with Gasteiger partial charge in [0, 0.05) is 30.9 Å². The fourth-order valence-electron chi connectivity index (χ4n) is 4.38. The van der Waals surface area contributed by atoms with Gasteiger partial charge in [-0.1, -0.05) is 42.5 Å². The van der Waals surface area contributed by atoms with Crippen LogP contribution in [0.5, 0.6) is 0 Å². The van der Waals surface area contributed by atoms with Gasteiger partial charge in [0.15, 0.2) is 11.4 Å². The monoisotopic (exact) mass is 414 g/mol. The largest absolute Gasteiger partial charge is 0.450 e. The van der Waals surface area contributed by atoms with Crippen molar-refractivity contribution in [3.8, 4) is 0 Å². The zero-order valence-corrected chi connectivity index (χ0v) is 17.5. The van der Waals surface area contributed by atoms with Crippen molar-refractivity contribution in [3.05, 3.63) is 66.5 Å². The molecule has 2 aromatic heterocycles. The molecule has 5 rings (SSSR count). The Labute approximate surface area is 181 Å². The van der Waals surface area contributed by atoms with Crippen molar-refractivity contribution in [1.82, 2.24) is 15.3 Å². The average Bonchev–Trinajstić information content (AvgIpc) is 3.21. The molecule has 0 bridgehead atoms. The smallest absolute Gasteiger partial charge is 0.223 e. The number of carbonyl (C=O) groups excluding carboxylic acids is 1. The van der Waals surface area contributed by atoms with Gasteiger partial charge in [0.25, 0.3) is 0 Å². The number of aromatic nitrogens is 2. The minimum absolute atomic E-state index is 0.0565. The predicted octanol–water partition coefficient (Wildman–Crippen LogP) is 4.34. The van der Waals surface area contributed by atoms with Crippen LogP contribution in [0.3, 0.4) is 0 Å². The second-order valence-electron chi connectivity index (χ2n) is 8.11. The average molecular weight is 415 g/mol. The Morgan fingerprint density at radius 3 is 2.65 bits per heavy atom. The molecule has 4 aromatic rings. The lowest BCUT2D eigenvalue weighted by Crippen LogP contribution is -2.41. The second-order valence-corrected chi connectivity index (χ2v) is 8.11. The van der Waals surface area contributed by atoms with Crippen LogP contribution in [0.1, 0.15) is 24.8 Å². The first-order chi connectivity index (χ1) is 15.3. The van der Waals surface area contributed by atoms with Gasteiger partial charge in [0.05, 0.1) is 0 Å². The highest BCUT2D eigenvalue weighted by molar-refractivity contribution is 6.05. The van der Waals surface area contributed by atoms with E-state index in [1.54, 1.807) is 6.33 Å². The Morgan fingerprint density at radius 2 is 1.81 bits per heavy atom. The van der Waals surface area contributed by atoms with Crippen LogP contribution >= 0.6 is 0 Å². The third-order valence-electron chi connectivity index (χ3n) is 6.09. The van der Waals surface area contributed by atoms with E-state index >= 15 is 0 Å². The summed E-state index contributed by atoms with van der Waals surface area (Å²) in [6.07, 6.45) is 5.18. The molecule has 158 valence electrons. The molecule has 6 heteroatoms. The van der Waals surface area contributed by atoms with E-state index in [-0.39, 0.29) is 11.8 Å². The first-order valence-corrected chi connectivity index (χ1v) is 11.0. The Morgan fingerprint density at radius 1 is 1.03 bits per heavy atom. The van der Waals surface area contributed by atoms with E-state index < -0.39 is 0 Å². The predicted molar refractivity (Wildman–Crippen MR) is 122 cm³/mol. The number of rotatable bonds is 6. The number of hydrogen-bond donors (Lipinski definition) is 1. The van der Waals surface area contributed by atoms with Gasteiger partial charge >= 0.3 is 0 Å². The molecule has 0 spiro atoms. The maximum atomic E-state index is 12.6. The lowest BCUT2D eigenvalue weighted by atomic mass is 9.95. The summed E-state index contributed by atoms with van der Waals surface area (Å²) in [7, 11) is 0. The topological polar surface area (TPSA) is 71.3 Å². The summed E-state index contributed by atoms with van der Waals surface area (Å²) in [5.74, 6) is 1.05. The number of nitrogens with zero attached hydrogens (tertiary/aromatic N) is 3. The fourth-order valence-corrected chi connectivity index (χ4v) is 4.38. The number of aryl methyl sites for hydroxylation is 1. The number of piperidine rings is 1. The maximum Gasteiger partial charge on any atom is 0.223 e. The summed E-state index contributed by atoms with van der Waals surface area (Å²) in [6, 6.07) is 18.3. The number of furan rings is 1. The molecule has 0 atom stereocenters. The van der Waals surface area contributed by atoms with Crippen LogP contribution < -0.4 is 10.2 Å². The van der Waals surface area contributed by atoms with Crippen molar-refractivity contribution < 1.29 is 9.21 Å². The van der Waals surface area contributed by atoms with Crippen LogP contribution in [0, 0.1) is 5.92 Å². The van der Waals surface area contributed by atoms with Crippen molar-refractivity contribution >= 4 is 33.8 Å². The highest BCUT2D eigenvalue weighted by atomic mass is 16.3. The molecule has 0 saturated carbocycles. The molecule has 1 saturated heterocycles. The van der Waals surface area contributed by atoms with Gasteiger partial charge in [-0.3, -0.25) is 4.79 Å². The highest BCUT2D eigenvalue weighted by Gasteiger charge is 2.27. The second kappa shape index (κ2) is 8.76. The van der Waals surface area contributed by atoms with E-state index in [0.717, 1.165) is 73.2 Å². The molecule has 1 aliphatic heterocycles. The molecule has 2 aromatic carbocycles. The van der Waals surface area contributed by atoms with E-state index in [1.165, 1.54) is 5.56 Å². The van der Waals surface area contributed by atoms with Gasteiger partial charge in [-0.25, -0.2) is 9.97 Å². The number of carbonyl (C=O) groups is 1. The van der Waals surface area contributed by atoms with E-state index in [9.17, 15) is 4.79 Å². The van der Waals surface area contributed by atoms with Crippen molar-refractivity contribution in [1.29, 1.82) is 0 Å². The molecule has 0 unspecified atom stereocenters. The molecule has 1 fully saturated rings. The lowest BCUT2D eigenvalue weighted by Gasteiger charge is -2.31.